The number of benzene rings is 2. The molecule has 0 aliphatic carbocycles. The molecule has 0 bridgehead atoms. The van der Waals surface area contributed by atoms with E-state index in [9.17, 15) is 9.18 Å². The van der Waals surface area contributed by atoms with Gasteiger partial charge in [-0.3, -0.25) is 4.79 Å². The van der Waals surface area contributed by atoms with Gasteiger partial charge < -0.3 is 19.4 Å². The number of carbonyl (C=O) groups is 1. The highest BCUT2D eigenvalue weighted by Gasteiger charge is 2.44. The summed E-state index contributed by atoms with van der Waals surface area (Å²) in [6.45, 7) is 7.62. The van der Waals surface area contributed by atoms with Gasteiger partial charge in [-0.05, 0) is 61.6 Å². The Hall–Kier alpha value is -2.60. The first-order valence-electron chi connectivity index (χ1n) is 15.8. The molecule has 2 aromatic carbocycles. The van der Waals surface area contributed by atoms with E-state index in [0.29, 0.717) is 18.4 Å². The Morgan fingerprint density at radius 2 is 1.75 bits per heavy atom. The minimum Gasteiger partial charge on any atom is -0.457 e. The van der Waals surface area contributed by atoms with Gasteiger partial charge in [-0.15, -0.1) is 0 Å². The van der Waals surface area contributed by atoms with Gasteiger partial charge in [0.2, 0.25) is 0 Å². The molecule has 5 rings (SSSR count). The first-order valence-corrected chi connectivity index (χ1v) is 15.8. The number of nitrogens with zero attached hydrogens (tertiary/aromatic N) is 3. The first-order chi connectivity index (χ1) is 19.5. The van der Waals surface area contributed by atoms with Crippen LogP contribution in [0.15, 0.2) is 42.5 Å². The number of unbranched alkanes of at least 4 members (excludes halogenated alkanes) is 6. The van der Waals surface area contributed by atoms with Crippen molar-refractivity contribution < 1.29 is 13.9 Å². The second kappa shape index (κ2) is 13.8. The fraction of sp³-hybridized carbons (Fsp3) is 0.618. The maximum absolute atomic E-state index is 13.6. The molecule has 1 unspecified atom stereocenters. The number of para-hydroxylation sites is 1. The average Bonchev–Trinajstić information content (AvgIpc) is 3.28. The summed E-state index contributed by atoms with van der Waals surface area (Å²) < 4.78 is 19.6. The molecule has 3 heterocycles. The molecule has 0 aromatic heterocycles. The number of hydrogen-bond acceptors (Lipinski definition) is 5. The number of hydrogen-bond donors (Lipinski definition) is 0. The molecule has 0 spiro atoms. The second-order valence-electron chi connectivity index (χ2n) is 12.1. The Balaban J connectivity index is 1.13. The van der Waals surface area contributed by atoms with Crippen molar-refractivity contribution in [3.63, 3.8) is 0 Å². The molecule has 2 aromatic rings. The molecule has 218 valence electrons. The highest BCUT2D eigenvalue weighted by atomic mass is 19.1. The molecule has 0 radical (unpaired) electrons. The van der Waals surface area contributed by atoms with Gasteiger partial charge in [0.25, 0.3) is 0 Å². The fourth-order valence-electron chi connectivity index (χ4n) is 7.09. The number of ether oxygens (including phenoxy) is 1. The van der Waals surface area contributed by atoms with E-state index in [0.717, 1.165) is 64.0 Å². The molecular weight excluding hydrogens is 501 g/mol. The number of likely N-dealkylation sites (N-methyl/N-ethyl adjacent to an activating group) is 1. The Kier molecular flexibility index (Phi) is 10.0. The van der Waals surface area contributed by atoms with Crippen molar-refractivity contribution in [2.75, 3.05) is 49.6 Å². The standard InChI is InChI=1S/C34H48FN3O2/c1-3-4-5-6-7-8-9-15-33(39)40-32(26-16-18-27(35)19-17-26)14-11-21-37-22-20-30-29(25-37)28-12-10-13-31-34(28)38(30)24-23-36(31)2/h10,12-13,16-19,29-30,32H,3-9,11,14-15,20-25H2,1-2H3/t29-,30-,32?/m0/s1. The lowest BCUT2D eigenvalue weighted by atomic mass is 9.89. The van der Waals surface area contributed by atoms with Gasteiger partial charge >= 0.3 is 5.97 Å². The van der Waals surface area contributed by atoms with Crippen molar-refractivity contribution in [1.82, 2.24) is 4.90 Å². The molecule has 0 amide bonds. The van der Waals surface area contributed by atoms with E-state index in [2.05, 4.69) is 46.9 Å². The summed E-state index contributed by atoms with van der Waals surface area (Å²) in [5.41, 5.74) is 5.26. The van der Waals surface area contributed by atoms with Crippen LogP contribution in [0.25, 0.3) is 0 Å². The van der Waals surface area contributed by atoms with Crippen molar-refractivity contribution in [2.24, 2.45) is 0 Å². The molecule has 0 N–H and O–H groups in total. The molecule has 40 heavy (non-hydrogen) atoms. The lowest BCUT2D eigenvalue weighted by molar-refractivity contribution is -0.150. The summed E-state index contributed by atoms with van der Waals surface area (Å²) in [6, 6.07) is 13.9. The minimum atomic E-state index is -0.315. The number of anilines is 2. The molecule has 3 atom stereocenters. The molecule has 3 aliphatic heterocycles. The van der Waals surface area contributed by atoms with E-state index < -0.39 is 0 Å². The molecule has 1 saturated heterocycles. The van der Waals surface area contributed by atoms with Gasteiger partial charge in [0.05, 0.1) is 11.4 Å². The summed E-state index contributed by atoms with van der Waals surface area (Å²) in [7, 11) is 2.21. The van der Waals surface area contributed by atoms with Crippen LogP contribution in [0.5, 0.6) is 0 Å². The molecule has 0 saturated carbocycles. The topological polar surface area (TPSA) is 36.0 Å². The predicted octanol–water partition coefficient (Wildman–Crippen LogP) is 7.46. The number of rotatable bonds is 14. The van der Waals surface area contributed by atoms with Crippen molar-refractivity contribution in [3.05, 3.63) is 59.4 Å². The van der Waals surface area contributed by atoms with Crippen LogP contribution < -0.4 is 9.80 Å². The van der Waals surface area contributed by atoms with Crippen LogP contribution in [0.2, 0.25) is 0 Å². The second-order valence-corrected chi connectivity index (χ2v) is 12.1. The van der Waals surface area contributed by atoms with Gasteiger partial charge in [0.1, 0.15) is 11.9 Å². The highest BCUT2D eigenvalue weighted by Crippen LogP contribution is 2.50. The van der Waals surface area contributed by atoms with Crippen LogP contribution in [0.4, 0.5) is 15.8 Å². The molecular formula is C34H48FN3O2. The lowest BCUT2D eigenvalue weighted by Crippen LogP contribution is -2.49. The van der Waals surface area contributed by atoms with E-state index in [1.165, 1.54) is 67.6 Å². The third-order valence-corrected chi connectivity index (χ3v) is 9.32. The van der Waals surface area contributed by atoms with E-state index >= 15 is 0 Å². The van der Waals surface area contributed by atoms with Crippen molar-refractivity contribution in [3.8, 4) is 0 Å². The maximum Gasteiger partial charge on any atom is 0.306 e. The number of halogens is 1. The zero-order valence-corrected chi connectivity index (χ0v) is 24.6. The van der Waals surface area contributed by atoms with Gasteiger partial charge in [0, 0.05) is 51.6 Å². The Morgan fingerprint density at radius 3 is 2.55 bits per heavy atom. The van der Waals surface area contributed by atoms with Gasteiger partial charge in [-0.1, -0.05) is 69.7 Å². The quantitative estimate of drug-likeness (QED) is 0.181. The zero-order valence-electron chi connectivity index (χ0n) is 24.6. The summed E-state index contributed by atoms with van der Waals surface area (Å²) in [6.07, 6.45) is 11.3. The molecule has 1 fully saturated rings. The Bertz CT molecular complexity index is 1110. The maximum atomic E-state index is 13.6. The van der Waals surface area contributed by atoms with E-state index in [4.69, 9.17) is 4.74 Å². The average molecular weight is 550 g/mol. The smallest absolute Gasteiger partial charge is 0.306 e. The van der Waals surface area contributed by atoms with Crippen LogP contribution in [0.3, 0.4) is 0 Å². The third kappa shape index (κ3) is 6.82. The molecule has 3 aliphatic rings. The summed E-state index contributed by atoms with van der Waals surface area (Å²) in [5, 5.41) is 0. The number of esters is 1. The minimum absolute atomic E-state index is 0.127. The fourth-order valence-corrected chi connectivity index (χ4v) is 7.09. The molecule has 5 nitrogen and oxygen atoms in total. The van der Waals surface area contributed by atoms with Crippen molar-refractivity contribution in [1.29, 1.82) is 0 Å². The first kappa shape index (κ1) is 28.9. The molecule has 6 heteroatoms. The van der Waals surface area contributed by atoms with Gasteiger partial charge in [-0.2, -0.15) is 0 Å². The van der Waals surface area contributed by atoms with E-state index in [-0.39, 0.29) is 17.9 Å². The van der Waals surface area contributed by atoms with Crippen LogP contribution in [-0.2, 0) is 9.53 Å². The summed E-state index contributed by atoms with van der Waals surface area (Å²) >= 11 is 0. The van der Waals surface area contributed by atoms with Crippen LogP contribution in [0, 0.1) is 5.82 Å². The number of fused-ring (bicyclic) bond motifs is 3. The number of piperidine rings is 1. The zero-order chi connectivity index (χ0) is 27.9. The predicted molar refractivity (Wildman–Crippen MR) is 162 cm³/mol. The monoisotopic (exact) mass is 549 g/mol. The Morgan fingerprint density at radius 1 is 0.975 bits per heavy atom. The largest absolute Gasteiger partial charge is 0.457 e. The number of carbonyl (C=O) groups excluding carboxylic acids is 1. The van der Waals surface area contributed by atoms with Gasteiger partial charge in [-0.25, -0.2) is 4.39 Å². The van der Waals surface area contributed by atoms with Gasteiger partial charge in [0.15, 0.2) is 0 Å². The summed E-state index contributed by atoms with van der Waals surface area (Å²) in [4.78, 5) is 20.4. The summed E-state index contributed by atoms with van der Waals surface area (Å²) in [5.74, 6) is 0.171. The Labute approximate surface area is 240 Å². The van der Waals surface area contributed by atoms with E-state index in [1.54, 1.807) is 12.1 Å². The van der Waals surface area contributed by atoms with E-state index in [1.807, 2.05) is 0 Å². The van der Waals surface area contributed by atoms with Crippen LogP contribution >= 0.6 is 0 Å². The lowest BCUT2D eigenvalue weighted by Gasteiger charge is -2.41. The van der Waals surface area contributed by atoms with Crippen LogP contribution in [-0.4, -0.2) is 56.7 Å². The SMILES string of the molecule is CCCCCCCCCC(=O)OC(CCCN1CC[C@H]2[C@@H](C1)c1cccc3c1N2CCN3C)c1ccc(F)cc1. The normalized spacial score (nSPS) is 20.8. The number of likely N-dealkylation sites (tertiary alicyclic amines) is 1. The third-order valence-electron chi connectivity index (χ3n) is 9.32. The van der Waals surface area contributed by atoms with Crippen LogP contribution in [0.1, 0.15) is 101 Å². The van der Waals surface area contributed by atoms with Crippen molar-refractivity contribution in [2.45, 2.75) is 95.6 Å². The van der Waals surface area contributed by atoms with Crippen molar-refractivity contribution >= 4 is 17.3 Å². The highest BCUT2D eigenvalue weighted by molar-refractivity contribution is 5.80.